The van der Waals surface area contributed by atoms with Gasteiger partial charge in [-0.25, -0.2) is 9.97 Å². The van der Waals surface area contributed by atoms with Crippen LogP contribution >= 0.6 is 23.2 Å². The predicted molar refractivity (Wildman–Crippen MR) is 511 cm³/mol. The third-order valence-corrected chi connectivity index (χ3v) is 21.0. The zero-order valence-electron chi connectivity index (χ0n) is 77.6. The van der Waals surface area contributed by atoms with Crippen LogP contribution in [0.25, 0.3) is 126 Å². The Morgan fingerprint density at radius 3 is 1.29 bits per heavy atom. The lowest BCUT2D eigenvalue weighted by Crippen LogP contribution is -2.05. The molecule has 0 radical (unpaired) electrons. The first-order chi connectivity index (χ1) is 66.1. The molecule has 1 N–H and O–H groups in total. The van der Waals surface area contributed by atoms with E-state index in [1.807, 2.05) is 227 Å². The Balaban J connectivity index is 0.000000131. The lowest BCUT2D eigenvalue weighted by atomic mass is 10.1. The zero-order valence-corrected chi connectivity index (χ0v) is 79.1. The lowest BCUT2D eigenvalue weighted by Gasteiger charge is -2.11. The molecule has 19 rings (SSSR count). The molecule has 12 heterocycles. The maximum atomic E-state index is 5.96. The molecule has 136 heavy (non-hydrogen) atoms. The normalized spacial score (nSPS) is 11.6. The molecule has 35 heteroatoms. The van der Waals surface area contributed by atoms with Gasteiger partial charge in [0.25, 0.3) is 29.5 Å². The lowest BCUT2D eigenvalue weighted by molar-refractivity contribution is 0.288. The van der Waals surface area contributed by atoms with E-state index in [-0.39, 0.29) is 6.04 Å². The second-order valence-corrected chi connectivity index (χ2v) is 31.6. The number of aryl methyl sites for hydroxylation is 6. The van der Waals surface area contributed by atoms with Crippen molar-refractivity contribution in [3.63, 3.8) is 0 Å². The van der Waals surface area contributed by atoms with Gasteiger partial charge in [-0.15, -0.1) is 0 Å². The number of nitrogens with zero attached hydrogens (tertiary/aromatic N) is 17. The standard InChI is InChI=1S/C18H19N3O3.C18H17N3O2.C17H19N3O3.C17H17N3O3.C16H14ClN3O2.C15H12ClN3O2/c1-4-22-15-7-6-13(10-16(15)23-5-2)18-20-17(21-24-18)14-8-9-19-11-12(14)3;1-11-7-8-13(10-16(11)22-2)17-20-18(23-21-17)15-9-12-5-3-4-6-14(12)19-15;1-10(2)7-13-9-15(22-19-13)17-18-16(20-23-17)12-6-5-11(3)14(8-12)21-4;1-3-21-14-9-8-12(11-15(14)22-4-2)17-19-16(20-23-17)13-7-5-6-10-18-13;1-9-4-5-11(7-13(9)21-3)15-19-16(22-20-15)12-6-10(2)18-14(17)8-12;1-9-3-4-10(7-12(9)20-2)14-18-15(21-19-14)11-5-6-17-13(16)8-11/h6-11H,4-5H2,1-3H3;3-8,10,15,19H,9H2,1-2H3;5-6,8-10H,7H2,1-4H3;5-11H,3-4H2,1-2H3;4-8H,1-3H3;3-8H,1-2H3. The molecular weight excluding hydrogens is 1780 g/mol. The largest absolute Gasteiger partial charge is 0.496 e. The summed E-state index contributed by atoms with van der Waals surface area (Å²) < 4.78 is 81.1. The van der Waals surface area contributed by atoms with Crippen LogP contribution in [-0.2, 0) is 12.8 Å². The summed E-state index contributed by atoms with van der Waals surface area (Å²) in [6, 6.07) is 58.8. The van der Waals surface area contributed by atoms with Crippen LogP contribution in [0.3, 0.4) is 0 Å². The Hall–Kier alpha value is -16.0. The number of hydrogen-bond donors (Lipinski definition) is 1. The van der Waals surface area contributed by atoms with Crippen LogP contribution in [-0.4, -0.2) is 141 Å². The number of rotatable bonds is 26. The van der Waals surface area contributed by atoms with Crippen LogP contribution in [0.15, 0.2) is 245 Å². The van der Waals surface area contributed by atoms with Crippen molar-refractivity contribution in [3.8, 4) is 172 Å². The first-order valence-electron chi connectivity index (χ1n) is 43.4. The van der Waals surface area contributed by atoms with E-state index in [9.17, 15) is 0 Å². The third-order valence-electron chi connectivity index (χ3n) is 20.6. The Morgan fingerprint density at radius 1 is 0.360 bits per heavy atom. The second kappa shape index (κ2) is 45.9. The smallest absolute Gasteiger partial charge is 0.296 e. The van der Waals surface area contributed by atoms with Crippen LogP contribution in [0.4, 0.5) is 5.69 Å². The molecule has 1 atom stereocenters. The number of benzene rings is 7. The Morgan fingerprint density at radius 2 is 0.801 bits per heavy atom. The fourth-order valence-electron chi connectivity index (χ4n) is 13.8. The van der Waals surface area contributed by atoms with E-state index in [1.165, 1.54) is 5.56 Å². The molecule has 0 saturated carbocycles. The van der Waals surface area contributed by atoms with Gasteiger partial charge < -0.3 is 74.9 Å². The summed E-state index contributed by atoms with van der Waals surface area (Å²) in [7, 11) is 6.56. The first kappa shape index (κ1) is 96.0. The molecule has 11 aromatic heterocycles. The maximum absolute atomic E-state index is 5.96. The molecule has 18 aromatic rings. The van der Waals surface area contributed by atoms with Crippen molar-refractivity contribution in [2.24, 2.45) is 5.92 Å². The quantitative estimate of drug-likeness (QED) is 0.0492. The maximum Gasteiger partial charge on any atom is 0.296 e. The summed E-state index contributed by atoms with van der Waals surface area (Å²) in [4.78, 5) is 42.9. The minimum Gasteiger partial charge on any atom is -0.496 e. The first-order valence-corrected chi connectivity index (χ1v) is 44.2. The second-order valence-electron chi connectivity index (χ2n) is 30.8. The minimum atomic E-state index is 0.0287. The van der Waals surface area contributed by atoms with Gasteiger partial charge >= 0.3 is 0 Å². The molecule has 1 unspecified atom stereocenters. The van der Waals surface area contributed by atoms with Crippen molar-refractivity contribution in [1.29, 1.82) is 0 Å². The molecule has 1 aliphatic rings. The van der Waals surface area contributed by atoms with Gasteiger partial charge in [-0.05, 0) is 224 Å². The van der Waals surface area contributed by atoms with Gasteiger partial charge in [-0.3, -0.25) is 9.97 Å². The molecule has 0 amide bonds. The van der Waals surface area contributed by atoms with E-state index in [1.54, 1.807) is 71.4 Å². The molecule has 0 aliphatic carbocycles. The van der Waals surface area contributed by atoms with Gasteiger partial charge in [0.15, 0.2) is 23.0 Å². The number of anilines is 1. The van der Waals surface area contributed by atoms with Crippen LogP contribution < -0.4 is 43.2 Å². The number of nitrogens with one attached hydrogen (secondary N) is 1. The highest BCUT2D eigenvalue weighted by Crippen LogP contribution is 2.40. The molecule has 0 saturated heterocycles. The van der Waals surface area contributed by atoms with Gasteiger partial charge in [0, 0.05) is 98.7 Å². The van der Waals surface area contributed by atoms with Crippen molar-refractivity contribution in [2.75, 3.05) is 60.2 Å². The van der Waals surface area contributed by atoms with Gasteiger partial charge in [0.2, 0.25) is 46.6 Å². The summed E-state index contributed by atoms with van der Waals surface area (Å²) >= 11 is 11.8. The molecule has 33 nitrogen and oxygen atoms in total. The van der Waals surface area contributed by atoms with E-state index >= 15 is 0 Å². The Kier molecular flexibility index (Phi) is 32.4. The highest BCUT2D eigenvalue weighted by molar-refractivity contribution is 6.30. The highest BCUT2D eigenvalue weighted by atomic mass is 35.5. The van der Waals surface area contributed by atoms with E-state index in [2.05, 4.69) is 117 Å². The monoisotopic (exact) mass is 1870 g/mol. The number of ether oxygens (including phenoxy) is 8. The van der Waals surface area contributed by atoms with Crippen LogP contribution in [0.5, 0.6) is 46.0 Å². The average molecular weight is 1870 g/mol. The van der Waals surface area contributed by atoms with E-state index in [0.29, 0.717) is 147 Å². The van der Waals surface area contributed by atoms with Crippen molar-refractivity contribution in [2.45, 2.75) is 102 Å². The molecule has 7 aromatic carbocycles. The molecule has 1 aliphatic heterocycles. The van der Waals surface area contributed by atoms with E-state index in [0.717, 1.165) is 131 Å². The van der Waals surface area contributed by atoms with Crippen molar-refractivity contribution in [3.05, 3.63) is 274 Å². The number of para-hydroxylation sites is 1. The van der Waals surface area contributed by atoms with Crippen LogP contribution in [0.2, 0.25) is 10.3 Å². The van der Waals surface area contributed by atoms with Crippen molar-refractivity contribution >= 4 is 28.9 Å². The van der Waals surface area contributed by atoms with Crippen LogP contribution in [0, 0.1) is 47.5 Å². The SMILES string of the molecule is CCOc1ccc(-c2nc(-c3ccccn3)no2)cc1OCC.CCOc1ccc(-c2nc(-c3ccncc3C)no2)cc1OCC.COc1cc(-c2noc(-c3cc(C)nc(Cl)c3)n2)ccc1C.COc1cc(-c2noc(-c3cc(CC(C)C)no3)n2)ccc1C.COc1cc(-c2noc(-c3ccnc(Cl)c3)n2)ccc1C.COc1cc(-c2noc(C3Cc4ccccc4N3)n2)ccc1C. The number of hydrogen-bond acceptors (Lipinski definition) is 33. The molecule has 696 valence electrons. The van der Waals surface area contributed by atoms with Crippen molar-refractivity contribution in [1.82, 2.24) is 85.9 Å². The van der Waals surface area contributed by atoms with Gasteiger partial charge in [0.1, 0.15) is 45.0 Å². The Bertz CT molecular complexity index is 6970. The number of aromatic nitrogens is 17. The molecular formula is C101H98Cl2N18O15. The fourth-order valence-corrected chi connectivity index (χ4v) is 14.3. The number of pyridine rings is 4. The molecule has 0 spiro atoms. The molecule has 0 bridgehead atoms. The highest BCUT2D eigenvalue weighted by Gasteiger charge is 2.28. The Labute approximate surface area is 793 Å². The minimum absolute atomic E-state index is 0.0287. The van der Waals surface area contributed by atoms with E-state index < -0.39 is 0 Å². The summed E-state index contributed by atoms with van der Waals surface area (Å²) in [6.07, 6.45) is 8.47. The topological polar surface area (TPSA) is 397 Å². The van der Waals surface area contributed by atoms with Gasteiger partial charge in [-0.1, -0.05) is 146 Å². The molecule has 0 fully saturated rings. The average Bonchev–Trinajstić information content (AvgIpc) is 1.67. The predicted octanol–water partition coefficient (Wildman–Crippen LogP) is 23.0. The van der Waals surface area contributed by atoms with Gasteiger partial charge in [0.05, 0.1) is 60.6 Å². The van der Waals surface area contributed by atoms with Crippen molar-refractivity contribution < 1.29 is 69.6 Å². The van der Waals surface area contributed by atoms with Gasteiger partial charge in [-0.2, -0.15) is 29.9 Å². The summed E-state index contributed by atoms with van der Waals surface area (Å²) in [5.74, 6) is 12.5. The fraction of sp³-hybridized carbons (Fsp3) is 0.238. The zero-order chi connectivity index (χ0) is 95.7. The third kappa shape index (κ3) is 24.4. The number of fused-ring (bicyclic) bond motifs is 1. The van der Waals surface area contributed by atoms with E-state index in [4.69, 9.17) is 92.8 Å². The van der Waals surface area contributed by atoms with Crippen LogP contribution in [0.1, 0.15) is 98.2 Å². The summed E-state index contributed by atoms with van der Waals surface area (Å²) in [6.45, 7) is 26.0. The number of methoxy groups -OCH3 is 4. The summed E-state index contributed by atoms with van der Waals surface area (Å²) in [5, 5.41) is 32.4. The summed E-state index contributed by atoms with van der Waals surface area (Å²) in [5.41, 5.74) is 17.3. The number of halogens is 2.